The summed E-state index contributed by atoms with van der Waals surface area (Å²) in [7, 11) is 3.16. The number of hydrogen-bond acceptors (Lipinski definition) is 5. The maximum Gasteiger partial charge on any atom is 0.308 e. The van der Waals surface area contributed by atoms with E-state index in [9.17, 15) is 9.59 Å². The summed E-state index contributed by atoms with van der Waals surface area (Å²) >= 11 is 1.28. The van der Waals surface area contributed by atoms with Gasteiger partial charge in [-0.25, -0.2) is 4.98 Å². The Morgan fingerprint density at radius 3 is 2.68 bits per heavy atom. The summed E-state index contributed by atoms with van der Waals surface area (Å²) in [6, 6.07) is 0. The van der Waals surface area contributed by atoms with Gasteiger partial charge in [-0.15, -0.1) is 11.3 Å². The highest BCUT2D eigenvalue weighted by molar-refractivity contribution is 7.13. The van der Waals surface area contributed by atoms with Gasteiger partial charge in [-0.3, -0.25) is 9.59 Å². The third kappa shape index (κ3) is 4.00. The van der Waals surface area contributed by atoms with Crippen molar-refractivity contribution < 1.29 is 19.4 Å². The van der Waals surface area contributed by atoms with Crippen molar-refractivity contribution in [2.45, 2.75) is 20.5 Å². The van der Waals surface area contributed by atoms with Crippen LogP contribution in [0.2, 0.25) is 0 Å². The molecule has 0 radical (unpaired) electrons. The summed E-state index contributed by atoms with van der Waals surface area (Å²) in [5, 5.41) is 9.59. The van der Waals surface area contributed by atoms with Crippen LogP contribution < -0.4 is 0 Å². The lowest BCUT2D eigenvalue weighted by atomic mass is 10.2. The van der Waals surface area contributed by atoms with E-state index in [4.69, 9.17) is 9.84 Å². The van der Waals surface area contributed by atoms with Crippen molar-refractivity contribution in [2.75, 3.05) is 20.7 Å². The van der Waals surface area contributed by atoms with Crippen LogP contribution in [0.25, 0.3) is 0 Å². The normalized spacial score (nSPS) is 12.2. The van der Waals surface area contributed by atoms with Gasteiger partial charge in [0.1, 0.15) is 9.88 Å². The first-order valence-electron chi connectivity index (χ1n) is 5.80. The quantitative estimate of drug-likeness (QED) is 0.855. The highest BCUT2D eigenvalue weighted by Gasteiger charge is 2.22. The first-order valence-corrected chi connectivity index (χ1v) is 6.62. The number of amides is 1. The standard InChI is InChI=1S/C12H18N2O4S/c1-7(12(16)17)5-14(3)11(15)10-8(2)13-9(19-10)6-18-4/h7H,5-6H2,1-4H3,(H,16,17). The molecule has 1 amide bonds. The first-order chi connectivity index (χ1) is 8.86. The summed E-state index contributed by atoms with van der Waals surface area (Å²) in [4.78, 5) is 29.2. The van der Waals surface area contributed by atoms with E-state index in [1.165, 1.54) is 16.2 Å². The Kier molecular flexibility index (Phi) is 5.44. The molecule has 0 aliphatic heterocycles. The smallest absolute Gasteiger partial charge is 0.308 e. The minimum atomic E-state index is -0.916. The SMILES string of the molecule is COCc1nc(C)c(C(=O)N(C)CC(C)C(=O)O)s1. The number of carboxylic acid groups (broad SMARTS) is 1. The Morgan fingerprint density at radius 2 is 2.16 bits per heavy atom. The number of carbonyl (C=O) groups excluding carboxylic acids is 1. The zero-order valence-corrected chi connectivity index (χ0v) is 12.3. The minimum Gasteiger partial charge on any atom is -0.481 e. The van der Waals surface area contributed by atoms with E-state index in [2.05, 4.69) is 4.98 Å². The van der Waals surface area contributed by atoms with E-state index in [-0.39, 0.29) is 12.5 Å². The number of methoxy groups -OCH3 is 1. The van der Waals surface area contributed by atoms with Crippen molar-refractivity contribution in [3.05, 3.63) is 15.6 Å². The number of hydrogen-bond donors (Lipinski definition) is 1. The molecule has 0 saturated heterocycles. The van der Waals surface area contributed by atoms with Gasteiger partial charge in [0.05, 0.1) is 18.2 Å². The van der Waals surface area contributed by atoms with Crippen LogP contribution in [-0.2, 0) is 16.1 Å². The fourth-order valence-electron chi connectivity index (χ4n) is 1.58. The second-order valence-corrected chi connectivity index (χ2v) is 5.46. The molecule has 1 rings (SSSR count). The van der Waals surface area contributed by atoms with Gasteiger partial charge in [0.2, 0.25) is 0 Å². The summed E-state index contributed by atoms with van der Waals surface area (Å²) in [6.45, 7) is 3.87. The molecule has 1 unspecified atom stereocenters. The number of aromatic nitrogens is 1. The maximum atomic E-state index is 12.2. The summed E-state index contributed by atoms with van der Waals surface area (Å²) in [5.41, 5.74) is 0.650. The van der Waals surface area contributed by atoms with Crippen LogP contribution in [0.1, 0.15) is 27.3 Å². The highest BCUT2D eigenvalue weighted by Crippen LogP contribution is 2.20. The molecule has 0 aromatic carbocycles. The number of carbonyl (C=O) groups is 2. The largest absolute Gasteiger partial charge is 0.481 e. The Labute approximate surface area is 116 Å². The Balaban J connectivity index is 2.79. The number of rotatable bonds is 6. The number of ether oxygens (including phenoxy) is 1. The van der Waals surface area contributed by atoms with Gasteiger partial charge in [-0.2, -0.15) is 0 Å². The average Bonchev–Trinajstić information content (AvgIpc) is 2.69. The Bertz CT molecular complexity index is 472. The van der Waals surface area contributed by atoms with E-state index in [1.54, 1.807) is 28.0 Å². The van der Waals surface area contributed by atoms with Crippen LogP contribution in [0.5, 0.6) is 0 Å². The van der Waals surface area contributed by atoms with Crippen molar-refractivity contribution in [1.29, 1.82) is 0 Å². The monoisotopic (exact) mass is 286 g/mol. The Hall–Kier alpha value is -1.47. The van der Waals surface area contributed by atoms with E-state index in [1.807, 2.05) is 0 Å². The molecule has 19 heavy (non-hydrogen) atoms. The topological polar surface area (TPSA) is 79.7 Å². The van der Waals surface area contributed by atoms with Gasteiger partial charge in [0.15, 0.2) is 0 Å². The highest BCUT2D eigenvalue weighted by atomic mass is 32.1. The van der Waals surface area contributed by atoms with E-state index in [0.717, 1.165) is 5.01 Å². The molecule has 6 nitrogen and oxygen atoms in total. The van der Waals surface area contributed by atoms with E-state index < -0.39 is 11.9 Å². The van der Waals surface area contributed by atoms with Crippen molar-refractivity contribution >= 4 is 23.2 Å². The molecule has 0 saturated carbocycles. The minimum absolute atomic E-state index is 0.172. The predicted molar refractivity (Wildman–Crippen MR) is 71.3 cm³/mol. The zero-order chi connectivity index (χ0) is 14.6. The molecule has 0 bridgehead atoms. The molecule has 7 heteroatoms. The predicted octanol–water partition coefficient (Wildman–Crippen LogP) is 1.39. The van der Waals surface area contributed by atoms with Crippen LogP contribution in [0.3, 0.4) is 0 Å². The lowest BCUT2D eigenvalue weighted by molar-refractivity contribution is -0.141. The fraction of sp³-hybridized carbons (Fsp3) is 0.583. The third-order valence-electron chi connectivity index (χ3n) is 2.62. The molecule has 0 aliphatic rings. The molecule has 1 atom stereocenters. The number of carboxylic acids is 1. The first kappa shape index (κ1) is 15.6. The second kappa shape index (κ2) is 6.63. The lowest BCUT2D eigenvalue weighted by Gasteiger charge is -2.18. The molecule has 0 fully saturated rings. The van der Waals surface area contributed by atoms with E-state index in [0.29, 0.717) is 17.2 Å². The molecule has 106 valence electrons. The van der Waals surface area contributed by atoms with Crippen molar-refractivity contribution in [3.8, 4) is 0 Å². The molecule has 0 spiro atoms. The lowest BCUT2D eigenvalue weighted by Crippen LogP contribution is -2.33. The summed E-state index contributed by atoms with van der Waals surface area (Å²) in [5.74, 6) is -1.72. The van der Waals surface area contributed by atoms with Crippen molar-refractivity contribution in [3.63, 3.8) is 0 Å². The van der Waals surface area contributed by atoms with E-state index >= 15 is 0 Å². The number of aliphatic carboxylic acids is 1. The van der Waals surface area contributed by atoms with Crippen LogP contribution in [-0.4, -0.2) is 47.6 Å². The summed E-state index contributed by atoms with van der Waals surface area (Å²) in [6.07, 6.45) is 0. The number of aryl methyl sites for hydroxylation is 1. The summed E-state index contributed by atoms with van der Waals surface area (Å²) < 4.78 is 4.98. The van der Waals surface area contributed by atoms with Crippen molar-refractivity contribution in [2.24, 2.45) is 5.92 Å². The fourth-order valence-corrected chi connectivity index (χ4v) is 2.61. The molecular formula is C12H18N2O4S. The third-order valence-corrected chi connectivity index (χ3v) is 3.74. The molecule has 1 heterocycles. The second-order valence-electron chi connectivity index (χ2n) is 4.38. The zero-order valence-electron chi connectivity index (χ0n) is 11.5. The number of nitrogens with zero attached hydrogens (tertiary/aromatic N) is 2. The maximum absolute atomic E-state index is 12.2. The van der Waals surface area contributed by atoms with Gasteiger partial charge < -0.3 is 14.7 Å². The molecule has 0 aliphatic carbocycles. The van der Waals surface area contributed by atoms with Crippen LogP contribution in [0, 0.1) is 12.8 Å². The average molecular weight is 286 g/mol. The van der Waals surface area contributed by atoms with Gasteiger partial charge in [-0.1, -0.05) is 6.92 Å². The van der Waals surface area contributed by atoms with Gasteiger partial charge in [0.25, 0.3) is 5.91 Å². The van der Waals surface area contributed by atoms with Gasteiger partial charge in [0, 0.05) is 20.7 Å². The van der Waals surface area contributed by atoms with Gasteiger partial charge >= 0.3 is 5.97 Å². The molecule has 1 aromatic rings. The van der Waals surface area contributed by atoms with Gasteiger partial charge in [-0.05, 0) is 6.92 Å². The van der Waals surface area contributed by atoms with Crippen LogP contribution in [0.15, 0.2) is 0 Å². The van der Waals surface area contributed by atoms with Crippen LogP contribution in [0.4, 0.5) is 0 Å². The number of thiazole rings is 1. The molecule has 1 aromatic heterocycles. The molecular weight excluding hydrogens is 268 g/mol. The van der Waals surface area contributed by atoms with Crippen LogP contribution >= 0.6 is 11.3 Å². The molecule has 1 N–H and O–H groups in total. The van der Waals surface area contributed by atoms with Crippen molar-refractivity contribution in [1.82, 2.24) is 9.88 Å². The Morgan fingerprint density at radius 1 is 1.53 bits per heavy atom.